The number of hydrogen-bond donors (Lipinski definition) is 2. The van der Waals surface area contributed by atoms with E-state index in [1.807, 2.05) is 7.05 Å². The lowest BCUT2D eigenvalue weighted by Gasteiger charge is -2.28. The number of hydrogen-bond acceptors (Lipinski definition) is 6. The number of aromatic hydroxyl groups is 1. The summed E-state index contributed by atoms with van der Waals surface area (Å²) in [5, 5.41) is 22.7. The molecular weight excluding hydrogens is 375 g/mol. The number of phenols is 1. The monoisotopic (exact) mass is 392 g/mol. The molecule has 0 bridgehead atoms. The maximum Gasteiger partial charge on any atom is 0.231 e. The summed E-state index contributed by atoms with van der Waals surface area (Å²) in [6, 6.07) is 0. The van der Waals surface area contributed by atoms with Gasteiger partial charge in [0.15, 0.2) is 11.5 Å². The summed E-state index contributed by atoms with van der Waals surface area (Å²) < 4.78 is 10.8. The molecule has 2 heterocycles. The predicted molar refractivity (Wildman–Crippen MR) is 83.7 cm³/mol. The van der Waals surface area contributed by atoms with Gasteiger partial charge in [0.2, 0.25) is 12.5 Å². The molecule has 0 saturated carbocycles. The Hall–Kier alpha value is -1.22. The molecule has 3 rings (SSSR count). The van der Waals surface area contributed by atoms with Crippen LogP contribution in [0.2, 0.25) is 0 Å². The van der Waals surface area contributed by atoms with Crippen LogP contribution in [0.15, 0.2) is 5.16 Å². The molecule has 0 unspecified atom stereocenters. The average molecular weight is 392 g/mol. The van der Waals surface area contributed by atoms with Crippen molar-refractivity contribution in [2.24, 2.45) is 5.16 Å². The molecule has 0 spiro atoms. The van der Waals surface area contributed by atoms with E-state index < -0.39 is 0 Å². The van der Waals surface area contributed by atoms with E-state index in [2.05, 4.69) is 10.1 Å². The Balaban J connectivity index is 0.00000147. The Bertz CT molecular complexity index is 574. The topological polar surface area (TPSA) is 74.5 Å². The highest BCUT2D eigenvalue weighted by Gasteiger charge is 2.32. The zero-order valence-electron chi connectivity index (χ0n) is 11.3. The van der Waals surface area contributed by atoms with Gasteiger partial charge in [0.1, 0.15) is 0 Å². The number of phenolic OH excluding ortho intramolecular Hbond substituents is 1. The van der Waals surface area contributed by atoms with E-state index in [1.165, 1.54) is 0 Å². The van der Waals surface area contributed by atoms with Crippen LogP contribution < -0.4 is 9.47 Å². The molecular formula is C13H17IN2O4. The van der Waals surface area contributed by atoms with E-state index in [-0.39, 0.29) is 36.5 Å². The molecule has 0 amide bonds. The van der Waals surface area contributed by atoms with Gasteiger partial charge >= 0.3 is 0 Å². The fourth-order valence-corrected chi connectivity index (χ4v) is 2.74. The minimum atomic E-state index is 0. The summed E-state index contributed by atoms with van der Waals surface area (Å²) in [6.45, 7) is 3.32. The molecule has 0 radical (unpaired) electrons. The highest BCUT2D eigenvalue weighted by atomic mass is 127. The van der Waals surface area contributed by atoms with Crippen LogP contribution in [0.1, 0.15) is 23.6 Å². The SMILES string of the molecule is CC(=NO)c1c2c(c(O)c3c1OCO3)CN(C)CC2.I. The van der Waals surface area contributed by atoms with Crippen molar-refractivity contribution in [2.45, 2.75) is 19.9 Å². The van der Waals surface area contributed by atoms with Gasteiger partial charge in [0.25, 0.3) is 0 Å². The molecule has 2 aliphatic rings. The van der Waals surface area contributed by atoms with Crippen molar-refractivity contribution in [2.75, 3.05) is 20.4 Å². The molecule has 0 aliphatic carbocycles. The van der Waals surface area contributed by atoms with Crippen LogP contribution in [0.25, 0.3) is 0 Å². The second-order valence-corrected chi connectivity index (χ2v) is 4.92. The fourth-order valence-electron chi connectivity index (χ4n) is 2.74. The maximum atomic E-state index is 10.3. The first-order chi connectivity index (χ1) is 9.13. The quantitative estimate of drug-likeness (QED) is 0.331. The molecule has 6 nitrogen and oxygen atoms in total. The summed E-state index contributed by atoms with van der Waals surface area (Å²) in [4.78, 5) is 2.12. The maximum absolute atomic E-state index is 10.3. The first kappa shape index (κ1) is 15.2. The zero-order chi connectivity index (χ0) is 13.6. The van der Waals surface area contributed by atoms with Crippen molar-refractivity contribution in [3.8, 4) is 17.2 Å². The molecule has 20 heavy (non-hydrogen) atoms. The van der Waals surface area contributed by atoms with Crippen LogP contribution >= 0.6 is 24.0 Å². The first-order valence-corrected chi connectivity index (χ1v) is 6.17. The Morgan fingerprint density at radius 1 is 1.25 bits per heavy atom. The number of oxime groups is 1. The molecule has 2 aliphatic heterocycles. The Kier molecular flexibility index (Phi) is 4.28. The summed E-state index contributed by atoms with van der Waals surface area (Å²) in [5.41, 5.74) is 3.03. The molecule has 7 heteroatoms. The van der Waals surface area contributed by atoms with Crippen LogP contribution in [0, 0.1) is 0 Å². The number of halogens is 1. The van der Waals surface area contributed by atoms with Gasteiger partial charge < -0.3 is 24.7 Å². The number of nitrogens with zero attached hydrogens (tertiary/aromatic N) is 2. The Morgan fingerprint density at radius 2 is 1.95 bits per heavy atom. The number of ether oxygens (including phenoxy) is 2. The third-order valence-corrected chi connectivity index (χ3v) is 3.69. The minimum absolute atomic E-state index is 0. The largest absolute Gasteiger partial charge is 0.504 e. The number of benzene rings is 1. The van der Waals surface area contributed by atoms with Crippen molar-refractivity contribution in [3.63, 3.8) is 0 Å². The third kappa shape index (κ3) is 2.18. The Labute approximate surface area is 134 Å². The molecule has 0 atom stereocenters. The van der Waals surface area contributed by atoms with Crippen LogP contribution in [0.3, 0.4) is 0 Å². The van der Waals surface area contributed by atoms with Gasteiger partial charge in [-0.3, -0.25) is 0 Å². The molecule has 0 aromatic heterocycles. The Morgan fingerprint density at radius 3 is 2.65 bits per heavy atom. The standard InChI is InChI=1S/C13H16N2O4.HI/c1-7(14-17)10-8-3-4-15(2)5-9(8)11(16)13-12(10)18-6-19-13;/h16-17H,3-6H2,1-2H3;1H. The summed E-state index contributed by atoms with van der Waals surface area (Å²) in [7, 11) is 2.00. The lowest BCUT2D eigenvalue weighted by Crippen LogP contribution is -2.28. The van der Waals surface area contributed by atoms with E-state index in [1.54, 1.807) is 6.92 Å². The highest BCUT2D eigenvalue weighted by Crippen LogP contribution is 2.49. The van der Waals surface area contributed by atoms with Gasteiger partial charge in [-0.05, 0) is 26.0 Å². The smallest absolute Gasteiger partial charge is 0.231 e. The van der Waals surface area contributed by atoms with E-state index in [9.17, 15) is 5.11 Å². The normalized spacial score (nSPS) is 17.6. The van der Waals surface area contributed by atoms with Crippen molar-refractivity contribution in [1.82, 2.24) is 4.90 Å². The molecule has 0 saturated heterocycles. The molecule has 1 aromatic rings. The highest BCUT2D eigenvalue weighted by molar-refractivity contribution is 14.0. The van der Waals surface area contributed by atoms with Gasteiger partial charge in [-0.1, -0.05) is 5.16 Å². The van der Waals surface area contributed by atoms with Crippen LogP contribution in [0.4, 0.5) is 0 Å². The molecule has 110 valence electrons. The van der Waals surface area contributed by atoms with Gasteiger partial charge in [0.05, 0.1) is 5.71 Å². The van der Waals surface area contributed by atoms with Crippen LogP contribution in [-0.4, -0.2) is 41.3 Å². The van der Waals surface area contributed by atoms with Crippen LogP contribution in [-0.2, 0) is 13.0 Å². The third-order valence-electron chi connectivity index (χ3n) is 3.69. The fraction of sp³-hybridized carbons (Fsp3) is 0.462. The zero-order valence-corrected chi connectivity index (χ0v) is 13.7. The molecule has 2 N–H and O–H groups in total. The number of rotatable bonds is 1. The van der Waals surface area contributed by atoms with Crippen molar-refractivity contribution in [3.05, 3.63) is 16.7 Å². The summed E-state index contributed by atoms with van der Waals surface area (Å²) in [5.74, 6) is 0.978. The number of fused-ring (bicyclic) bond motifs is 2. The van der Waals surface area contributed by atoms with Crippen molar-refractivity contribution < 1.29 is 19.8 Å². The van der Waals surface area contributed by atoms with Gasteiger partial charge in [-0.2, -0.15) is 0 Å². The molecule has 1 aromatic carbocycles. The van der Waals surface area contributed by atoms with Gasteiger partial charge in [-0.25, -0.2) is 0 Å². The first-order valence-electron chi connectivity index (χ1n) is 6.17. The average Bonchev–Trinajstić information content (AvgIpc) is 2.88. The lowest BCUT2D eigenvalue weighted by molar-refractivity contribution is 0.171. The van der Waals surface area contributed by atoms with Crippen molar-refractivity contribution in [1.29, 1.82) is 0 Å². The predicted octanol–water partition coefficient (Wildman–Crippen LogP) is 1.93. The van der Waals surface area contributed by atoms with Crippen molar-refractivity contribution >= 4 is 29.7 Å². The van der Waals surface area contributed by atoms with Gasteiger partial charge in [0, 0.05) is 24.2 Å². The van der Waals surface area contributed by atoms with E-state index in [0.717, 1.165) is 29.7 Å². The number of likely N-dealkylation sites (N-methyl/N-ethyl adjacent to an activating group) is 1. The summed E-state index contributed by atoms with van der Waals surface area (Å²) >= 11 is 0. The minimum Gasteiger partial charge on any atom is -0.504 e. The van der Waals surface area contributed by atoms with E-state index in [0.29, 0.717) is 23.8 Å². The molecule has 0 fully saturated rings. The second kappa shape index (κ2) is 5.65. The lowest BCUT2D eigenvalue weighted by atomic mass is 9.90. The summed E-state index contributed by atoms with van der Waals surface area (Å²) in [6.07, 6.45) is 0.776. The second-order valence-electron chi connectivity index (χ2n) is 4.92. The van der Waals surface area contributed by atoms with E-state index >= 15 is 0 Å². The van der Waals surface area contributed by atoms with E-state index in [4.69, 9.17) is 14.7 Å². The van der Waals surface area contributed by atoms with Gasteiger partial charge in [-0.15, -0.1) is 24.0 Å². The van der Waals surface area contributed by atoms with Crippen LogP contribution in [0.5, 0.6) is 17.2 Å².